The van der Waals surface area contributed by atoms with Crippen LogP contribution in [0.5, 0.6) is 0 Å². The Morgan fingerprint density at radius 3 is 3.00 bits per heavy atom. The number of amides is 1. The average molecular weight is 279 g/mol. The van der Waals surface area contributed by atoms with E-state index in [1.54, 1.807) is 0 Å². The number of aryl methyl sites for hydroxylation is 1. The third-order valence-corrected chi connectivity index (χ3v) is 4.74. The Morgan fingerprint density at radius 2 is 2.11 bits per heavy atom. The summed E-state index contributed by atoms with van der Waals surface area (Å²) in [6.07, 6.45) is 4.62. The summed E-state index contributed by atoms with van der Waals surface area (Å²) < 4.78 is 5.43. The zero-order valence-electron chi connectivity index (χ0n) is 10.8. The Bertz CT molecular complexity index is 501. The number of Topliss-reactive ketones (excluding diaryl/α,β-unsaturated/α-hetero) is 1. The standard InChI is InChI=1S/C14H17NO3S/c16-11-3-1-4-12-13(11)10(9-18-12)14(17)15-5-2-7-19-8-6-15/h9H,1-8H2. The highest BCUT2D eigenvalue weighted by atomic mass is 32.2. The Balaban J connectivity index is 1.87. The highest BCUT2D eigenvalue weighted by Crippen LogP contribution is 2.27. The normalized spacial score (nSPS) is 20.0. The van der Waals surface area contributed by atoms with Gasteiger partial charge in [-0.1, -0.05) is 0 Å². The number of hydrogen-bond donors (Lipinski definition) is 0. The van der Waals surface area contributed by atoms with Crippen LogP contribution in [0.25, 0.3) is 0 Å². The second-order valence-corrected chi connectivity index (χ2v) is 6.21. The van der Waals surface area contributed by atoms with Crippen molar-refractivity contribution in [2.24, 2.45) is 0 Å². The molecule has 0 saturated carbocycles. The van der Waals surface area contributed by atoms with Crippen LogP contribution in [0.3, 0.4) is 0 Å². The Kier molecular flexibility index (Phi) is 3.64. The van der Waals surface area contributed by atoms with Gasteiger partial charge in [-0.2, -0.15) is 11.8 Å². The Morgan fingerprint density at radius 1 is 1.21 bits per heavy atom. The lowest BCUT2D eigenvalue weighted by molar-refractivity contribution is 0.0762. The first-order chi connectivity index (χ1) is 9.27. The van der Waals surface area contributed by atoms with Gasteiger partial charge in [0.25, 0.3) is 5.91 Å². The van der Waals surface area contributed by atoms with E-state index in [1.807, 2.05) is 16.7 Å². The van der Waals surface area contributed by atoms with E-state index >= 15 is 0 Å². The topological polar surface area (TPSA) is 50.5 Å². The van der Waals surface area contributed by atoms with Crippen LogP contribution in [0, 0.1) is 0 Å². The molecule has 4 nitrogen and oxygen atoms in total. The molecule has 0 unspecified atom stereocenters. The van der Waals surface area contributed by atoms with E-state index < -0.39 is 0 Å². The summed E-state index contributed by atoms with van der Waals surface area (Å²) >= 11 is 1.88. The first-order valence-electron chi connectivity index (χ1n) is 6.78. The molecule has 1 fully saturated rings. The van der Waals surface area contributed by atoms with Gasteiger partial charge < -0.3 is 9.32 Å². The number of carbonyl (C=O) groups excluding carboxylic acids is 2. The number of fused-ring (bicyclic) bond motifs is 1. The second kappa shape index (κ2) is 5.41. The molecule has 0 bridgehead atoms. The van der Waals surface area contributed by atoms with E-state index in [0.717, 1.165) is 43.9 Å². The molecule has 5 heteroatoms. The quantitative estimate of drug-likeness (QED) is 0.792. The van der Waals surface area contributed by atoms with Crippen molar-refractivity contribution in [1.82, 2.24) is 4.90 Å². The van der Waals surface area contributed by atoms with Gasteiger partial charge in [0.05, 0.1) is 11.1 Å². The summed E-state index contributed by atoms with van der Waals surface area (Å²) in [5.41, 5.74) is 1.03. The molecule has 0 aromatic carbocycles. The van der Waals surface area contributed by atoms with E-state index in [2.05, 4.69) is 0 Å². The van der Waals surface area contributed by atoms with Gasteiger partial charge >= 0.3 is 0 Å². The monoisotopic (exact) mass is 279 g/mol. The molecule has 0 spiro atoms. The molecule has 0 radical (unpaired) electrons. The molecule has 2 heterocycles. The molecule has 1 saturated heterocycles. The van der Waals surface area contributed by atoms with E-state index in [0.29, 0.717) is 23.3 Å². The molecular weight excluding hydrogens is 262 g/mol. The second-order valence-electron chi connectivity index (χ2n) is 4.98. The van der Waals surface area contributed by atoms with E-state index in [-0.39, 0.29) is 11.7 Å². The molecule has 1 amide bonds. The number of thioether (sulfide) groups is 1. The number of furan rings is 1. The maximum Gasteiger partial charge on any atom is 0.257 e. The fourth-order valence-corrected chi connectivity index (χ4v) is 3.59. The summed E-state index contributed by atoms with van der Waals surface area (Å²) in [5, 5.41) is 0. The minimum Gasteiger partial charge on any atom is -0.468 e. The predicted molar refractivity (Wildman–Crippen MR) is 73.8 cm³/mol. The first-order valence-corrected chi connectivity index (χ1v) is 7.93. The first kappa shape index (κ1) is 12.8. The fraction of sp³-hybridized carbons (Fsp3) is 0.571. The lowest BCUT2D eigenvalue weighted by atomic mass is 9.94. The Labute approximate surface area is 116 Å². The smallest absolute Gasteiger partial charge is 0.257 e. The highest BCUT2D eigenvalue weighted by Gasteiger charge is 2.30. The minimum absolute atomic E-state index is 0.0391. The lowest BCUT2D eigenvalue weighted by Crippen LogP contribution is -2.33. The van der Waals surface area contributed by atoms with Crippen molar-refractivity contribution in [3.8, 4) is 0 Å². The molecule has 0 atom stereocenters. The van der Waals surface area contributed by atoms with Gasteiger partial charge in [0, 0.05) is 31.7 Å². The molecule has 19 heavy (non-hydrogen) atoms. The van der Waals surface area contributed by atoms with Crippen molar-refractivity contribution < 1.29 is 14.0 Å². The van der Waals surface area contributed by atoms with Crippen molar-refractivity contribution in [2.75, 3.05) is 24.6 Å². The van der Waals surface area contributed by atoms with Gasteiger partial charge in [-0.15, -0.1) is 0 Å². The highest BCUT2D eigenvalue weighted by molar-refractivity contribution is 7.99. The fourth-order valence-electron chi connectivity index (χ4n) is 2.70. The molecule has 1 aromatic rings. The van der Waals surface area contributed by atoms with Gasteiger partial charge in [0.15, 0.2) is 5.78 Å². The van der Waals surface area contributed by atoms with Crippen LogP contribution in [-0.2, 0) is 6.42 Å². The van der Waals surface area contributed by atoms with Crippen LogP contribution < -0.4 is 0 Å². The number of ketones is 1. The predicted octanol–water partition coefficient (Wildman–Crippen LogP) is 2.38. The van der Waals surface area contributed by atoms with Gasteiger partial charge in [-0.25, -0.2) is 0 Å². The van der Waals surface area contributed by atoms with Crippen molar-refractivity contribution in [3.63, 3.8) is 0 Å². The van der Waals surface area contributed by atoms with Crippen LogP contribution in [-0.4, -0.2) is 41.2 Å². The van der Waals surface area contributed by atoms with Gasteiger partial charge in [-0.05, 0) is 18.6 Å². The summed E-state index contributed by atoms with van der Waals surface area (Å²) in [7, 11) is 0. The lowest BCUT2D eigenvalue weighted by Gasteiger charge is -2.20. The largest absolute Gasteiger partial charge is 0.468 e. The average Bonchev–Trinajstić information content (AvgIpc) is 2.67. The summed E-state index contributed by atoms with van der Waals surface area (Å²) in [4.78, 5) is 26.4. The molecule has 0 N–H and O–H groups in total. The van der Waals surface area contributed by atoms with Crippen LogP contribution in [0.2, 0.25) is 0 Å². The molecule has 1 aliphatic heterocycles. The maximum absolute atomic E-state index is 12.5. The van der Waals surface area contributed by atoms with E-state index in [9.17, 15) is 9.59 Å². The van der Waals surface area contributed by atoms with E-state index in [4.69, 9.17) is 4.42 Å². The number of nitrogens with zero attached hydrogens (tertiary/aromatic N) is 1. The Hall–Kier alpha value is -1.23. The third kappa shape index (κ3) is 2.43. The molecule has 2 aliphatic rings. The van der Waals surface area contributed by atoms with Gasteiger partial charge in [0.2, 0.25) is 0 Å². The van der Waals surface area contributed by atoms with Gasteiger partial charge in [-0.3, -0.25) is 9.59 Å². The van der Waals surface area contributed by atoms with Crippen LogP contribution in [0.15, 0.2) is 10.7 Å². The summed E-state index contributed by atoms with van der Waals surface area (Å²) in [6.45, 7) is 1.54. The van der Waals surface area contributed by atoms with Crippen molar-refractivity contribution in [2.45, 2.75) is 25.7 Å². The molecule has 1 aliphatic carbocycles. The molecule has 102 valence electrons. The SMILES string of the molecule is O=C1CCCc2occ(C(=O)N3CCCSCC3)c21. The molecular formula is C14H17NO3S. The summed E-state index contributed by atoms with van der Waals surface area (Å²) in [6, 6.07) is 0. The van der Waals surface area contributed by atoms with E-state index in [1.165, 1.54) is 6.26 Å². The van der Waals surface area contributed by atoms with Crippen molar-refractivity contribution >= 4 is 23.5 Å². The number of hydrogen-bond acceptors (Lipinski definition) is 4. The zero-order chi connectivity index (χ0) is 13.2. The van der Waals surface area contributed by atoms with Crippen molar-refractivity contribution in [3.05, 3.63) is 23.2 Å². The van der Waals surface area contributed by atoms with Crippen molar-refractivity contribution in [1.29, 1.82) is 0 Å². The number of carbonyl (C=O) groups is 2. The van der Waals surface area contributed by atoms with Gasteiger partial charge in [0.1, 0.15) is 12.0 Å². The van der Waals surface area contributed by atoms with Crippen LogP contribution >= 0.6 is 11.8 Å². The van der Waals surface area contributed by atoms with Crippen LogP contribution in [0.4, 0.5) is 0 Å². The zero-order valence-corrected chi connectivity index (χ0v) is 11.6. The molecule has 3 rings (SSSR count). The maximum atomic E-state index is 12.5. The van der Waals surface area contributed by atoms with Crippen LogP contribution in [0.1, 0.15) is 45.7 Å². The minimum atomic E-state index is -0.0391. The number of rotatable bonds is 1. The summed E-state index contributed by atoms with van der Waals surface area (Å²) in [5.74, 6) is 2.79. The third-order valence-electron chi connectivity index (χ3n) is 3.69. The molecule has 1 aromatic heterocycles.